The number of amides is 6. The molecule has 0 saturated carbocycles. The fourth-order valence-corrected chi connectivity index (χ4v) is 7.49. The van der Waals surface area contributed by atoms with Crippen molar-refractivity contribution in [1.29, 1.82) is 0 Å². The Morgan fingerprint density at radius 2 is 1.09 bits per heavy atom. The van der Waals surface area contributed by atoms with Gasteiger partial charge in [0.25, 0.3) is 11.8 Å². The lowest BCUT2D eigenvalue weighted by Gasteiger charge is -2.28. The van der Waals surface area contributed by atoms with E-state index in [9.17, 15) is 48.6 Å². The van der Waals surface area contributed by atoms with Crippen LogP contribution in [0.5, 0.6) is 5.75 Å². The maximum absolute atomic E-state index is 14.3. The molecule has 0 fully saturated rings. The summed E-state index contributed by atoms with van der Waals surface area (Å²) < 4.78 is 0. The number of nitrogens with one attached hydrogen (secondary N) is 4. The monoisotopic (exact) mass is 896 g/mol. The maximum Gasteiger partial charge on any atom is 0.326 e. The molecule has 0 unspecified atom stereocenters. The Labute approximate surface area is 376 Å². The smallest absolute Gasteiger partial charge is 0.326 e. The van der Waals surface area contributed by atoms with E-state index in [0.29, 0.717) is 27.5 Å². The number of aromatic hydroxyl groups is 1. The van der Waals surface area contributed by atoms with Gasteiger partial charge in [0.2, 0.25) is 23.6 Å². The molecule has 19 heteroatoms. The molecular weight excluding hydrogens is 853 g/mol. The predicted molar refractivity (Wildman–Crippen MR) is 237 cm³/mol. The summed E-state index contributed by atoms with van der Waals surface area (Å²) in [6, 6.07) is 24.8. The third-order valence-corrected chi connectivity index (χ3v) is 10.8. The summed E-state index contributed by atoms with van der Waals surface area (Å²) >= 11 is 0. The first-order valence-electron chi connectivity index (χ1n) is 20.7. The summed E-state index contributed by atoms with van der Waals surface area (Å²) in [5, 5.41) is 43.5. The average molecular weight is 897 g/mol. The molecule has 6 amide bonds. The van der Waals surface area contributed by atoms with E-state index in [4.69, 9.17) is 10.6 Å². The standard InChI is InChI=1S/C47H44N8O11/c48-54-53-34-19-18-33-41-31(34)12-7-13-32(41)45(63)55(46(33)64)23-22-39(57)49-36(24-27-8-3-1-4-9-27)42(60)51-37(25-28-10-5-2-6-11-28)44(62)52-38(26-29-14-16-30(56)17-15-29)43(61)50-35(47(65)66)20-21-40(58)59/h1-19,35-38,56H,20-26H2,(H,49,57)(H,50,61)(H,51,60)(H,52,62)(H,58,59)(H,65,66)/t35-,36-,37-,38-/m0/s1. The van der Waals surface area contributed by atoms with Crippen LogP contribution in [-0.2, 0) is 48.0 Å². The topological polar surface area (TPSA) is 297 Å². The second-order valence-corrected chi connectivity index (χ2v) is 15.4. The molecule has 0 spiro atoms. The minimum atomic E-state index is -1.62. The van der Waals surface area contributed by atoms with Crippen molar-refractivity contribution in [3.63, 3.8) is 0 Å². The second kappa shape index (κ2) is 21.7. The Hall–Kier alpha value is -8.57. The lowest BCUT2D eigenvalue weighted by Crippen LogP contribution is -2.59. The summed E-state index contributed by atoms with van der Waals surface area (Å²) in [5.41, 5.74) is 11.3. The van der Waals surface area contributed by atoms with Gasteiger partial charge in [-0.15, -0.1) is 0 Å². The summed E-state index contributed by atoms with van der Waals surface area (Å²) in [6.45, 7) is -0.361. The van der Waals surface area contributed by atoms with E-state index in [2.05, 4.69) is 31.3 Å². The number of phenolic OH excluding ortho intramolecular Hbond substituents is 1. The Morgan fingerprint density at radius 3 is 1.61 bits per heavy atom. The van der Waals surface area contributed by atoms with Gasteiger partial charge >= 0.3 is 11.9 Å². The number of phenols is 1. The number of benzene rings is 5. The Balaban J connectivity index is 1.22. The van der Waals surface area contributed by atoms with Crippen LogP contribution in [0.25, 0.3) is 21.2 Å². The molecule has 1 aliphatic heterocycles. The van der Waals surface area contributed by atoms with Crippen LogP contribution in [0.4, 0.5) is 5.69 Å². The second-order valence-electron chi connectivity index (χ2n) is 15.4. The Bertz CT molecular complexity index is 2690. The van der Waals surface area contributed by atoms with E-state index in [1.807, 2.05) is 0 Å². The highest BCUT2D eigenvalue weighted by molar-refractivity contribution is 6.26. The first kappa shape index (κ1) is 46.9. The third kappa shape index (κ3) is 11.9. The lowest BCUT2D eigenvalue weighted by atomic mass is 9.93. The fraction of sp³-hybridized carbons (Fsp3) is 0.234. The van der Waals surface area contributed by atoms with Crippen molar-refractivity contribution in [1.82, 2.24) is 26.2 Å². The minimum absolute atomic E-state index is 0.0542. The van der Waals surface area contributed by atoms with Crippen LogP contribution >= 0.6 is 0 Å². The normalized spacial score (nSPS) is 13.6. The summed E-state index contributed by atoms with van der Waals surface area (Å²) in [7, 11) is 0. The van der Waals surface area contributed by atoms with Gasteiger partial charge in [0, 0.05) is 65.8 Å². The Kier molecular flexibility index (Phi) is 15.4. The van der Waals surface area contributed by atoms with Gasteiger partial charge in [-0.05, 0) is 58.3 Å². The SMILES string of the molecule is [N-]=[N+]=Nc1ccc2c3c(cccc13)C(=O)N(CCC(=O)N[C@@H](Cc1ccccc1)C(=O)N[C@@H](Cc1ccccc1)C(=O)N[C@@H](Cc1ccc(O)cc1)C(=O)N[C@@H](CCC(=O)O)C(=O)O)C2=O. The maximum atomic E-state index is 14.3. The van der Waals surface area contributed by atoms with Crippen molar-refractivity contribution < 1.29 is 53.7 Å². The van der Waals surface area contributed by atoms with Gasteiger partial charge in [0.15, 0.2) is 0 Å². The molecule has 6 rings (SSSR count). The largest absolute Gasteiger partial charge is 0.508 e. The van der Waals surface area contributed by atoms with Crippen LogP contribution < -0.4 is 21.3 Å². The third-order valence-electron chi connectivity index (χ3n) is 10.8. The summed E-state index contributed by atoms with van der Waals surface area (Å²) in [5.74, 6) is -7.54. The van der Waals surface area contributed by atoms with Gasteiger partial charge in [0.05, 0.1) is 0 Å². The number of rotatable bonds is 21. The Morgan fingerprint density at radius 1 is 0.591 bits per heavy atom. The number of nitrogens with zero attached hydrogens (tertiary/aromatic N) is 4. The first-order valence-corrected chi connectivity index (χ1v) is 20.7. The molecule has 4 atom stereocenters. The van der Waals surface area contributed by atoms with Crippen LogP contribution in [0.15, 0.2) is 120 Å². The van der Waals surface area contributed by atoms with E-state index >= 15 is 0 Å². The number of carbonyl (C=O) groups excluding carboxylic acids is 6. The summed E-state index contributed by atoms with van der Waals surface area (Å²) in [6.07, 6.45) is -1.80. The number of carboxylic acids is 2. The zero-order valence-corrected chi connectivity index (χ0v) is 35.1. The molecule has 0 aromatic heterocycles. The molecule has 0 saturated heterocycles. The van der Waals surface area contributed by atoms with Gasteiger partial charge in [-0.1, -0.05) is 96.1 Å². The van der Waals surface area contributed by atoms with Crippen LogP contribution in [0.1, 0.15) is 56.7 Å². The van der Waals surface area contributed by atoms with Gasteiger partial charge in [-0.3, -0.25) is 38.5 Å². The molecule has 338 valence electrons. The zero-order valence-electron chi connectivity index (χ0n) is 35.1. The van der Waals surface area contributed by atoms with Crippen LogP contribution in [0, 0.1) is 0 Å². The quantitative estimate of drug-likeness (QED) is 0.0238. The van der Waals surface area contributed by atoms with Gasteiger partial charge < -0.3 is 36.6 Å². The molecule has 1 aliphatic rings. The van der Waals surface area contributed by atoms with Crippen molar-refractivity contribution in [2.75, 3.05) is 6.54 Å². The van der Waals surface area contributed by atoms with Gasteiger partial charge in [-0.2, -0.15) is 0 Å². The highest BCUT2D eigenvalue weighted by Crippen LogP contribution is 2.35. The molecule has 66 heavy (non-hydrogen) atoms. The number of imide groups is 1. The highest BCUT2D eigenvalue weighted by atomic mass is 16.4. The number of carbonyl (C=O) groups is 8. The van der Waals surface area contributed by atoms with E-state index in [1.165, 1.54) is 42.5 Å². The highest BCUT2D eigenvalue weighted by Gasteiger charge is 2.35. The predicted octanol–water partition coefficient (Wildman–Crippen LogP) is 4.09. The van der Waals surface area contributed by atoms with Gasteiger partial charge in [0.1, 0.15) is 29.9 Å². The molecule has 5 aromatic carbocycles. The van der Waals surface area contributed by atoms with Crippen molar-refractivity contribution in [2.24, 2.45) is 5.11 Å². The lowest BCUT2D eigenvalue weighted by molar-refractivity contribution is -0.143. The molecule has 1 heterocycles. The van der Waals surface area contributed by atoms with Gasteiger partial charge in [-0.25, -0.2) is 4.79 Å². The van der Waals surface area contributed by atoms with E-state index < -0.39 is 90.8 Å². The fourth-order valence-electron chi connectivity index (χ4n) is 7.49. The molecule has 19 nitrogen and oxygen atoms in total. The number of hydrogen-bond donors (Lipinski definition) is 7. The number of carboxylic acid groups (broad SMARTS) is 2. The number of hydrogen-bond acceptors (Lipinski definition) is 10. The van der Waals surface area contributed by atoms with E-state index in [0.717, 1.165) is 4.90 Å². The van der Waals surface area contributed by atoms with Crippen molar-refractivity contribution in [3.05, 3.63) is 154 Å². The summed E-state index contributed by atoms with van der Waals surface area (Å²) in [4.78, 5) is 110. The molecule has 0 radical (unpaired) electrons. The zero-order chi connectivity index (χ0) is 47.3. The van der Waals surface area contributed by atoms with E-state index in [-0.39, 0.29) is 48.4 Å². The number of aliphatic carboxylic acids is 2. The number of azide groups is 1. The average Bonchev–Trinajstić information content (AvgIpc) is 3.30. The minimum Gasteiger partial charge on any atom is -0.508 e. The molecule has 7 N–H and O–H groups in total. The van der Waals surface area contributed by atoms with Crippen LogP contribution in [0.2, 0.25) is 0 Å². The first-order chi connectivity index (χ1) is 31.7. The van der Waals surface area contributed by atoms with E-state index in [1.54, 1.807) is 72.8 Å². The molecule has 0 aliphatic carbocycles. The van der Waals surface area contributed by atoms with Crippen LogP contribution in [-0.4, -0.2) is 98.3 Å². The van der Waals surface area contributed by atoms with Crippen LogP contribution in [0.3, 0.4) is 0 Å². The van der Waals surface area contributed by atoms with Crippen molar-refractivity contribution >= 4 is 63.8 Å². The van der Waals surface area contributed by atoms with Crippen molar-refractivity contribution in [2.45, 2.75) is 62.7 Å². The molecular formula is C47H44N8O11. The molecule has 5 aromatic rings. The molecule has 0 bridgehead atoms. The van der Waals surface area contributed by atoms with Crippen molar-refractivity contribution in [3.8, 4) is 5.75 Å².